The molecule has 144 valence electrons. The Morgan fingerprint density at radius 1 is 1.15 bits per heavy atom. The van der Waals surface area contributed by atoms with Gasteiger partial charge in [0.15, 0.2) is 5.96 Å². The molecule has 0 atom stereocenters. The first-order valence-electron chi connectivity index (χ1n) is 7.99. The zero-order valence-corrected chi connectivity index (χ0v) is 17.3. The number of alkyl halides is 2. The van der Waals surface area contributed by atoms with Crippen LogP contribution in [0.5, 0.6) is 5.75 Å². The minimum Gasteiger partial charge on any atom is -0.434 e. The molecule has 2 rings (SSSR count). The van der Waals surface area contributed by atoms with Gasteiger partial charge in [-0.05, 0) is 30.7 Å². The fourth-order valence-corrected chi connectivity index (χ4v) is 2.34. The van der Waals surface area contributed by atoms with Gasteiger partial charge in [-0.1, -0.05) is 29.8 Å². The molecule has 0 unspecified atom stereocenters. The fourth-order valence-electron chi connectivity index (χ4n) is 2.34. The molecule has 0 bridgehead atoms. The first-order valence-corrected chi connectivity index (χ1v) is 7.99. The van der Waals surface area contributed by atoms with Crippen LogP contribution in [0.4, 0.5) is 8.78 Å². The van der Waals surface area contributed by atoms with Gasteiger partial charge in [0.05, 0.1) is 11.6 Å². The van der Waals surface area contributed by atoms with Crippen molar-refractivity contribution < 1.29 is 13.5 Å². The van der Waals surface area contributed by atoms with E-state index in [1.165, 1.54) is 6.07 Å². The lowest BCUT2D eigenvalue weighted by Gasteiger charge is -2.15. The van der Waals surface area contributed by atoms with E-state index in [1.54, 1.807) is 31.3 Å². The molecule has 0 aliphatic rings. The van der Waals surface area contributed by atoms with Crippen molar-refractivity contribution in [1.82, 2.24) is 10.6 Å². The summed E-state index contributed by atoms with van der Waals surface area (Å²) in [6.07, 6.45) is 0. The highest BCUT2D eigenvalue weighted by molar-refractivity contribution is 14.0. The summed E-state index contributed by atoms with van der Waals surface area (Å²) in [7, 11) is 1.63. The highest BCUT2D eigenvalue weighted by Crippen LogP contribution is 2.21. The number of benzene rings is 2. The second-order valence-electron chi connectivity index (χ2n) is 5.58. The maximum absolute atomic E-state index is 12.5. The first-order chi connectivity index (χ1) is 12.5. The molecule has 8 heteroatoms. The summed E-state index contributed by atoms with van der Waals surface area (Å²) in [6, 6.07) is 14.3. The van der Waals surface area contributed by atoms with E-state index in [-0.39, 0.29) is 36.3 Å². The molecule has 0 radical (unpaired) electrons. The Kier molecular flexibility index (Phi) is 9.50. The van der Waals surface area contributed by atoms with Gasteiger partial charge in [0.25, 0.3) is 0 Å². The lowest BCUT2D eigenvalue weighted by atomic mass is 10.1. The molecule has 0 saturated carbocycles. The average molecular weight is 486 g/mol. The quantitative estimate of drug-likeness (QED) is 0.369. The monoisotopic (exact) mass is 486 g/mol. The minimum absolute atomic E-state index is 0. The summed E-state index contributed by atoms with van der Waals surface area (Å²) in [4.78, 5) is 4.12. The van der Waals surface area contributed by atoms with Gasteiger partial charge in [0.2, 0.25) is 0 Å². The van der Waals surface area contributed by atoms with Crippen LogP contribution in [0.15, 0.2) is 47.5 Å². The largest absolute Gasteiger partial charge is 0.434 e. The van der Waals surface area contributed by atoms with Crippen molar-refractivity contribution in [1.29, 1.82) is 5.26 Å². The van der Waals surface area contributed by atoms with E-state index in [0.717, 1.165) is 11.1 Å². The molecule has 0 heterocycles. The Labute approximate surface area is 174 Å². The minimum atomic E-state index is -2.87. The molecular formula is C19H21F2IN4O. The molecule has 27 heavy (non-hydrogen) atoms. The summed E-state index contributed by atoms with van der Waals surface area (Å²) >= 11 is 0. The number of nitrogens with zero attached hydrogens (tertiary/aromatic N) is 2. The van der Waals surface area contributed by atoms with Crippen molar-refractivity contribution in [2.75, 3.05) is 7.05 Å². The average Bonchev–Trinajstić information content (AvgIpc) is 2.64. The Hall–Kier alpha value is -2.41. The molecule has 0 fully saturated rings. The number of nitrogens with one attached hydrogen (secondary N) is 2. The second-order valence-corrected chi connectivity index (χ2v) is 5.58. The van der Waals surface area contributed by atoms with E-state index in [2.05, 4.69) is 26.4 Å². The number of ether oxygens (including phenoxy) is 1. The lowest BCUT2D eigenvalue weighted by Crippen LogP contribution is -2.36. The SMILES string of the molecule is CN=C(NCc1ccc(C#N)cc1)NCc1cc(C)ccc1OC(F)F.I. The molecule has 5 nitrogen and oxygen atoms in total. The van der Waals surface area contributed by atoms with E-state index in [1.807, 2.05) is 19.1 Å². The van der Waals surface area contributed by atoms with E-state index in [0.29, 0.717) is 23.6 Å². The number of halogens is 3. The summed E-state index contributed by atoms with van der Waals surface area (Å²) in [5.41, 5.74) is 3.15. The van der Waals surface area contributed by atoms with Crippen molar-refractivity contribution in [2.45, 2.75) is 26.6 Å². The Morgan fingerprint density at radius 3 is 2.41 bits per heavy atom. The lowest BCUT2D eigenvalue weighted by molar-refractivity contribution is -0.0504. The summed E-state index contributed by atoms with van der Waals surface area (Å²) in [5.74, 6) is 0.666. The van der Waals surface area contributed by atoms with Gasteiger partial charge in [0, 0.05) is 25.7 Å². The van der Waals surface area contributed by atoms with E-state index < -0.39 is 6.61 Å². The van der Waals surface area contributed by atoms with Crippen LogP contribution < -0.4 is 15.4 Å². The number of aryl methyl sites for hydroxylation is 1. The maximum atomic E-state index is 12.5. The third-order valence-electron chi connectivity index (χ3n) is 3.64. The van der Waals surface area contributed by atoms with Crippen LogP contribution >= 0.6 is 24.0 Å². The molecule has 0 spiro atoms. The normalized spacial score (nSPS) is 10.7. The molecule has 2 aromatic rings. The zero-order valence-electron chi connectivity index (χ0n) is 15.0. The van der Waals surface area contributed by atoms with Gasteiger partial charge in [0.1, 0.15) is 5.75 Å². The summed E-state index contributed by atoms with van der Waals surface area (Å²) < 4.78 is 29.6. The Morgan fingerprint density at radius 2 is 1.81 bits per heavy atom. The van der Waals surface area contributed by atoms with Gasteiger partial charge in [-0.15, -0.1) is 24.0 Å². The summed E-state index contributed by atoms with van der Waals surface area (Å²) in [5, 5.41) is 15.0. The number of hydrogen-bond donors (Lipinski definition) is 2. The third kappa shape index (κ3) is 7.38. The van der Waals surface area contributed by atoms with Crippen molar-refractivity contribution >= 4 is 29.9 Å². The Bertz CT molecular complexity index is 804. The van der Waals surface area contributed by atoms with Gasteiger partial charge in [-0.25, -0.2) is 0 Å². The topological polar surface area (TPSA) is 69.4 Å². The molecule has 0 aromatic heterocycles. The zero-order chi connectivity index (χ0) is 18.9. The van der Waals surface area contributed by atoms with Crippen LogP contribution in [-0.4, -0.2) is 19.6 Å². The molecule has 2 aromatic carbocycles. The number of guanidine groups is 1. The highest BCUT2D eigenvalue weighted by Gasteiger charge is 2.10. The van der Waals surface area contributed by atoms with Gasteiger partial charge < -0.3 is 15.4 Å². The van der Waals surface area contributed by atoms with Gasteiger partial charge in [-0.3, -0.25) is 4.99 Å². The fraction of sp³-hybridized carbons (Fsp3) is 0.263. The number of aliphatic imine (C=N–C) groups is 1. The van der Waals surface area contributed by atoms with Crippen LogP contribution in [-0.2, 0) is 13.1 Å². The van der Waals surface area contributed by atoms with E-state index in [4.69, 9.17) is 5.26 Å². The number of nitriles is 1. The standard InChI is InChI=1S/C19H20F2N4O.HI/c1-13-3-8-17(26-18(20)21)16(9-13)12-25-19(23-2)24-11-15-6-4-14(10-22)5-7-15;/h3-9,18H,11-12H2,1-2H3,(H2,23,24,25);1H. The van der Waals surface area contributed by atoms with Crippen LogP contribution in [0, 0.1) is 18.3 Å². The van der Waals surface area contributed by atoms with Crippen LogP contribution in [0.1, 0.15) is 22.3 Å². The van der Waals surface area contributed by atoms with Crippen molar-refractivity contribution in [3.05, 3.63) is 64.7 Å². The van der Waals surface area contributed by atoms with E-state index in [9.17, 15) is 8.78 Å². The number of rotatable bonds is 6. The molecule has 0 saturated heterocycles. The van der Waals surface area contributed by atoms with Crippen LogP contribution in [0.25, 0.3) is 0 Å². The van der Waals surface area contributed by atoms with Crippen molar-refractivity contribution in [3.8, 4) is 11.8 Å². The first kappa shape index (κ1) is 22.6. The van der Waals surface area contributed by atoms with E-state index >= 15 is 0 Å². The van der Waals surface area contributed by atoms with Crippen molar-refractivity contribution in [3.63, 3.8) is 0 Å². The molecule has 0 aliphatic heterocycles. The van der Waals surface area contributed by atoms with Gasteiger partial charge in [-0.2, -0.15) is 14.0 Å². The second kappa shape index (κ2) is 11.3. The molecular weight excluding hydrogens is 465 g/mol. The third-order valence-corrected chi connectivity index (χ3v) is 3.64. The predicted molar refractivity (Wildman–Crippen MR) is 111 cm³/mol. The van der Waals surface area contributed by atoms with Crippen LogP contribution in [0.2, 0.25) is 0 Å². The predicted octanol–water partition coefficient (Wildman–Crippen LogP) is 3.95. The highest BCUT2D eigenvalue weighted by atomic mass is 127. The maximum Gasteiger partial charge on any atom is 0.387 e. The van der Waals surface area contributed by atoms with Gasteiger partial charge >= 0.3 is 6.61 Å². The Balaban J connectivity index is 0.00000364. The molecule has 0 amide bonds. The van der Waals surface area contributed by atoms with Crippen molar-refractivity contribution in [2.24, 2.45) is 4.99 Å². The molecule has 2 N–H and O–H groups in total. The smallest absolute Gasteiger partial charge is 0.387 e. The summed E-state index contributed by atoms with van der Waals surface area (Å²) in [6.45, 7) is -0.186. The van der Waals surface area contributed by atoms with Crippen LogP contribution in [0.3, 0.4) is 0 Å². The number of hydrogen-bond acceptors (Lipinski definition) is 3. The molecule has 0 aliphatic carbocycles.